The van der Waals surface area contributed by atoms with Crippen LogP contribution in [0, 0.1) is 0 Å². The Hall–Kier alpha value is -3.44. The number of oxazole rings is 1. The number of aromatic nitrogens is 1. The van der Waals surface area contributed by atoms with Crippen molar-refractivity contribution in [2.45, 2.75) is 38.0 Å². The van der Waals surface area contributed by atoms with E-state index >= 15 is 0 Å². The summed E-state index contributed by atoms with van der Waals surface area (Å²) in [5, 5.41) is -0.587. The van der Waals surface area contributed by atoms with Crippen LogP contribution < -0.4 is 4.90 Å². The molecule has 2 aliphatic heterocycles. The summed E-state index contributed by atoms with van der Waals surface area (Å²) in [6, 6.07) is 14.5. The van der Waals surface area contributed by atoms with Crippen LogP contribution in [-0.4, -0.2) is 74.0 Å². The number of carbonyl (C=O) groups excluding carboxylic acids is 3. The highest BCUT2D eigenvalue weighted by Crippen LogP contribution is 2.33. The number of hydrogen-bond acceptors (Lipinski definition) is 8. The number of thiocarbonyl (C=S) groups is 1. The van der Waals surface area contributed by atoms with Crippen LogP contribution in [0.25, 0.3) is 22.6 Å². The lowest BCUT2D eigenvalue weighted by Gasteiger charge is -2.36. The Morgan fingerprint density at radius 3 is 2.34 bits per heavy atom. The molecule has 2 aromatic carbocycles. The number of nitrogens with zero attached hydrogens (tertiary/aromatic N) is 4. The summed E-state index contributed by atoms with van der Waals surface area (Å²) >= 11 is 6.83. The predicted molar refractivity (Wildman–Crippen MR) is 150 cm³/mol. The smallest absolute Gasteiger partial charge is 0.410 e. The molecule has 9 nitrogen and oxygen atoms in total. The summed E-state index contributed by atoms with van der Waals surface area (Å²) < 4.78 is 11.8. The van der Waals surface area contributed by atoms with Crippen molar-refractivity contribution < 1.29 is 23.5 Å². The molecule has 5 rings (SSSR count). The van der Waals surface area contributed by atoms with Crippen LogP contribution >= 0.6 is 24.0 Å². The zero-order valence-corrected chi connectivity index (χ0v) is 23.0. The number of amides is 3. The van der Waals surface area contributed by atoms with Crippen molar-refractivity contribution in [3.05, 3.63) is 48.5 Å². The van der Waals surface area contributed by atoms with Gasteiger partial charge in [0.1, 0.15) is 20.7 Å². The highest BCUT2D eigenvalue weighted by atomic mass is 32.2. The number of thioether (sulfide) groups is 1. The second-order valence-electron chi connectivity index (χ2n) is 10.1. The lowest BCUT2D eigenvalue weighted by atomic mass is 10.2. The summed E-state index contributed by atoms with van der Waals surface area (Å²) in [5.41, 5.74) is 2.16. The SMILES string of the molecule is CC(C)(C)OC(=O)N1CCN(C(=S)S[C@@H]2CC(=O)N(c3ccc(-c4nc5ccccc5o4)cc3)C2=O)CC1. The molecule has 0 aliphatic carbocycles. The number of hydrogen-bond donors (Lipinski definition) is 0. The van der Waals surface area contributed by atoms with E-state index < -0.39 is 10.9 Å². The molecule has 0 spiro atoms. The first-order valence-electron chi connectivity index (χ1n) is 12.4. The van der Waals surface area contributed by atoms with Gasteiger partial charge in [-0.05, 0) is 57.2 Å². The fourth-order valence-corrected chi connectivity index (χ4v) is 5.85. The van der Waals surface area contributed by atoms with Crippen molar-refractivity contribution in [1.29, 1.82) is 0 Å². The van der Waals surface area contributed by atoms with Crippen molar-refractivity contribution >= 4 is 63.0 Å². The van der Waals surface area contributed by atoms with E-state index in [0.29, 0.717) is 47.7 Å². The third-order valence-corrected chi connectivity index (χ3v) is 7.86. The monoisotopic (exact) mass is 552 g/mol. The maximum Gasteiger partial charge on any atom is 0.410 e. The van der Waals surface area contributed by atoms with Crippen molar-refractivity contribution in [2.75, 3.05) is 31.1 Å². The summed E-state index contributed by atoms with van der Waals surface area (Å²) in [7, 11) is 0. The third-order valence-electron chi connectivity index (χ3n) is 6.20. The van der Waals surface area contributed by atoms with Gasteiger partial charge in [-0.2, -0.15) is 0 Å². The fourth-order valence-electron chi connectivity index (χ4n) is 4.31. The molecule has 3 aromatic rings. The normalized spacial score (nSPS) is 18.4. The average Bonchev–Trinajstić information content (AvgIpc) is 3.43. The topological polar surface area (TPSA) is 96.2 Å². The van der Waals surface area contributed by atoms with E-state index in [4.69, 9.17) is 21.4 Å². The Labute approximate surface area is 230 Å². The van der Waals surface area contributed by atoms with Gasteiger partial charge in [-0.25, -0.2) is 14.7 Å². The van der Waals surface area contributed by atoms with Crippen LogP contribution in [0.4, 0.5) is 10.5 Å². The standard InChI is InChI=1S/C27H28N4O5S2/c1-27(2,3)36-25(34)29-12-14-30(15-13-29)26(37)38-21-16-22(32)31(24(21)33)18-10-8-17(9-11-18)23-28-19-6-4-5-7-20(19)35-23/h4-11,21H,12-16H2,1-3H3/t21-/m1/s1. The maximum atomic E-state index is 13.2. The minimum atomic E-state index is -0.587. The van der Waals surface area contributed by atoms with Crippen LogP contribution in [0.2, 0.25) is 0 Å². The highest BCUT2D eigenvalue weighted by Gasteiger charge is 2.41. The Kier molecular flexibility index (Phi) is 7.15. The van der Waals surface area contributed by atoms with Gasteiger partial charge in [-0.3, -0.25) is 9.59 Å². The molecule has 3 amide bonds. The van der Waals surface area contributed by atoms with Crippen LogP contribution in [-0.2, 0) is 14.3 Å². The fraction of sp³-hybridized carbons (Fsp3) is 0.370. The minimum absolute atomic E-state index is 0.0778. The van der Waals surface area contributed by atoms with Gasteiger partial charge in [0.25, 0.3) is 0 Å². The number of para-hydroxylation sites is 2. The van der Waals surface area contributed by atoms with Gasteiger partial charge in [0.2, 0.25) is 17.7 Å². The second-order valence-corrected chi connectivity index (χ2v) is 12.0. The van der Waals surface area contributed by atoms with Crippen LogP contribution in [0.1, 0.15) is 27.2 Å². The number of carbonyl (C=O) groups is 3. The summed E-state index contributed by atoms with van der Waals surface area (Å²) in [6.07, 6.45) is -0.265. The summed E-state index contributed by atoms with van der Waals surface area (Å²) in [6.45, 7) is 7.55. The van der Waals surface area contributed by atoms with Crippen LogP contribution in [0.5, 0.6) is 0 Å². The molecule has 1 aromatic heterocycles. The first-order chi connectivity index (χ1) is 18.1. The quantitative estimate of drug-likeness (QED) is 0.338. The zero-order valence-electron chi connectivity index (χ0n) is 21.4. The third kappa shape index (κ3) is 5.53. The van der Waals surface area contributed by atoms with Gasteiger partial charge < -0.3 is 19.0 Å². The zero-order chi connectivity index (χ0) is 27.0. The van der Waals surface area contributed by atoms with E-state index in [1.807, 2.05) is 49.9 Å². The largest absolute Gasteiger partial charge is 0.444 e. The minimum Gasteiger partial charge on any atom is -0.444 e. The van der Waals surface area contributed by atoms with Crippen molar-refractivity contribution in [3.8, 4) is 11.5 Å². The molecule has 0 saturated carbocycles. The number of benzene rings is 2. The molecule has 1 atom stereocenters. The number of fused-ring (bicyclic) bond motifs is 1. The van der Waals surface area contributed by atoms with Crippen molar-refractivity contribution in [1.82, 2.24) is 14.8 Å². The molecule has 2 fully saturated rings. The molecule has 38 heavy (non-hydrogen) atoms. The Bertz CT molecular complexity index is 1360. The van der Waals surface area contributed by atoms with Crippen LogP contribution in [0.3, 0.4) is 0 Å². The molecule has 2 aliphatic rings. The Balaban J connectivity index is 1.19. The van der Waals surface area contributed by atoms with Crippen LogP contribution in [0.15, 0.2) is 52.9 Å². The molecule has 0 bridgehead atoms. The summed E-state index contributed by atoms with van der Waals surface area (Å²) in [4.78, 5) is 47.6. The van der Waals surface area contributed by atoms with E-state index in [1.54, 1.807) is 29.2 Å². The van der Waals surface area contributed by atoms with Gasteiger partial charge in [0, 0.05) is 38.2 Å². The molecule has 3 heterocycles. The van der Waals surface area contributed by atoms with Crippen molar-refractivity contribution in [2.24, 2.45) is 0 Å². The molecule has 198 valence electrons. The van der Waals surface area contributed by atoms with E-state index in [9.17, 15) is 14.4 Å². The van der Waals surface area contributed by atoms with Crippen molar-refractivity contribution in [3.63, 3.8) is 0 Å². The van der Waals surface area contributed by atoms with E-state index in [2.05, 4.69) is 4.98 Å². The maximum absolute atomic E-state index is 13.2. The van der Waals surface area contributed by atoms with E-state index in [1.165, 1.54) is 16.7 Å². The highest BCUT2D eigenvalue weighted by molar-refractivity contribution is 8.23. The molecule has 0 N–H and O–H groups in total. The van der Waals surface area contributed by atoms with Gasteiger partial charge in [-0.15, -0.1) is 0 Å². The lowest BCUT2D eigenvalue weighted by molar-refractivity contribution is -0.121. The average molecular weight is 553 g/mol. The molecule has 11 heteroatoms. The van der Waals surface area contributed by atoms with Gasteiger partial charge in [-0.1, -0.05) is 36.1 Å². The summed E-state index contributed by atoms with van der Waals surface area (Å²) in [5.74, 6) is -0.0774. The lowest BCUT2D eigenvalue weighted by Crippen LogP contribution is -2.51. The van der Waals surface area contributed by atoms with Gasteiger partial charge in [0.15, 0.2) is 5.58 Å². The molecular weight excluding hydrogens is 524 g/mol. The first kappa shape index (κ1) is 26.2. The number of imide groups is 1. The first-order valence-corrected chi connectivity index (χ1v) is 13.6. The Morgan fingerprint density at radius 1 is 1.03 bits per heavy atom. The second kappa shape index (κ2) is 10.4. The molecule has 0 radical (unpaired) electrons. The Morgan fingerprint density at radius 2 is 1.68 bits per heavy atom. The van der Waals surface area contributed by atoms with E-state index in [-0.39, 0.29) is 24.3 Å². The predicted octanol–water partition coefficient (Wildman–Crippen LogP) is 4.70. The number of anilines is 1. The van der Waals surface area contributed by atoms with Gasteiger partial charge in [0.05, 0.1) is 5.69 Å². The molecular formula is C27H28N4O5S2. The number of rotatable bonds is 3. The molecule has 0 unspecified atom stereocenters. The van der Waals surface area contributed by atoms with Gasteiger partial charge >= 0.3 is 6.09 Å². The van der Waals surface area contributed by atoms with E-state index in [0.717, 1.165) is 11.1 Å². The molecule has 2 saturated heterocycles. The number of piperazine rings is 1. The number of ether oxygens (including phenoxy) is 1.